The lowest BCUT2D eigenvalue weighted by Crippen LogP contribution is -2.24. The molecule has 0 aliphatic carbocycles. The molecule has 0 atom stereocenters. The summed E-state index contributed by atoms with van der Waals surface area (Å²) in [6.07, 6.45) is 3.34. The van der Waals surface area contributed by atoms with E-state index in [4.69, 9.17) is 16.3 Å². The number of nitrogens with one attached hydrogen (secondary N) is 1. The number of benzene rings is 2. The predicted molar refractivity (Wildman–Crippen MR) is 133 cm³/mol. The fourth-order valence-corrected chi connectivity index (χ4v) is 3.92. The van der Waals surface area contributed by atoms with Gasteiger partial charge in [-0.2, -0.15) is 5.10 Å². The van der Waals surface area contributed by atoms with Crippen molar-refractivity contribution in [1.29, 1.82) is 0 Å². The van der Waals surface area contributed by atoms with Gasteiger partial charge in [0, 0.05) is 42.7 Å². The Morgan fingerprint density at radius 1 is 1.11 bits per heavy atom. The molecule has 2 N–H and O–H groups in total. The minimum atomic E-state index is -0.879. The molecule has 2 aromatic heterocycles. The zero-order chi connectivity index (χ0) is 25.7. The maximum atomic E-state index is 14.2. The van der Waals surface area contributed by atoms with Crippen LogP contribution in [0.4, 0.5) is 4.39 Å². The molecule has 2 aromatic carbocycles. The van der Waals surface area contributed by atoms with Crippen molar-refractivity contribution in [3.05, 3.63) is 116 Å². The molecule has 4 aromatic rings. The Balaban J connectivity index is 1.46. The van der Waals surface area contributed by atoms with Crippen molar-refractivity contribution in [2.75, 3.05) is 7.11 Å². The second-order valence-corrected chi connectivity index (χ2v) is 8.55. The van der Waals surface area contributed by atoms with E-state index in [0.29, 0.717) is 18.8 Å². The van der Waals surface area contributed by atoms with Crippen LogP contribution in [-0.2, 0) is 31.0 Å². The Labute approximate surface area is 211 Å². The van der Waals surface area contributed by atoms with E-state index in [1.165, 1.54) is 19.2 Å². The number of ether oxygens (including phenoxy) is 1. The highest BCUT2D eigenvalue weighted by molar-refractivity contribution is 6.31. The smallest absolute Gasteiger partial charge is 0.255 e. The summed E-state index contributed by atoms with van der Waals surface area (Å²) < 4.78 is 22.6. The molecule has 36 heavy (non-hydrogen) atoms. The van der Waals surface area contributed by atoms with Gasteiger partial charge in [-0.3, -0.25) is 14.3 Å². The Hall–Kier alpha value is -3.95. The third-order valence-electron chi connectivity index (χ3n) is 5.57. The number of phenols is 1. The second kappa shape index (κ2) is 11.2. The van der Waals surface area contributed by atoms with Crippen LogP contribution in [-0.4, -0.2) is 32.5 Å². The molecule has 186 valence electrons. The van der Waals surface area contributed by atoms with Gasteiger partial charge in [0.05, 0.1) is 25.3 Å². The predicted octanol–water partition coefficient (Wildman–Crippen LogP) is 3.72. The van der Waals surface area contributed by atoms with Gasteiger partial charge in [-0.25, -0.2) is 4.39 Å². The number of amides is 1. The highest BCUT2D eigenvalue weighted by atomic mass is 35.5. The molecular formula is C26H24ClFN4O4. The van der Waals surface area contributed by atoms with Crippen LogP contribution in [0.25, 0.3) is 0 Å². The largest absolute Gasteiger partial charge is 0.505 e. The molecule has 0 aliphatic rings. The fourth-order valence-electron chi connectivity index (χ4n) is 3.71. The minimum Gasteiger partial charge on any atom is -0.505 e. The lowest BCUT2D eigenvalue weighted by atomic mass is 10.1. The molecule has 0 bridgehead atoms. The number of aromatic nitrogens is 3. The van der Waals surface area contributed by atoms with E-state index in [-0.39, 0.29) is 34.9 Å². The van der Waals surface area contributed by atoms with Gasteiger partial charge >= 0.3 is 0 Å². The van der Waals surface area contributed by atoms with Gasteiger partial charge in [0.25, 0.3) is 11.5 Å². The second-order valence-electron chi connectivity index (χ2n) is 8.15. The molecule has 4 rings (SSSR count). The molecular weight excluding hydrogens is 487 g/mol. The first-order valence-corrected chi connectivity index (χ1v) is 11.5. The van der Waals surface area contributed by atoms with Crippen molar-refractivity contribution in [1.82, 2.24) is 19.7 Å². The van der Waals surface area contributed by atoms with E-state index in [2.05, 4.69) is 10.4 Å². The van der Waals surface area contributed by atoms with Crippen LogP contribution >= 0.6 is 11.6 Å². The average Bonchev–Trinajstić information content (AvgIpc) is 3.26. The normalized spacial score (nSPS) is 11.0. The summed E-state index contributed by atoms with van der Waals surface area (Å²) in [5.41, 5.74) is 2.56. The lowest BCUT2D eigenvalue weighted by Gasteiger charge is -2.09. The van der Waals surface area contributed by atoms with Crippen molar-refractivity contribution < 1.29 is 19.0 Å². The van der Waals surface area contributed by atoms with Gasteiger partial charge in [-0.1, -0.05) is 41.9 Å². The van der Waals surface area contributed by atoms with E-state index < -0.39 is 17.5 Å². The van der Waals surface area contributed by atoms with Gasteiger partial charge < -0.3 is 19.7 Å². The van der Waals surface area contributed by atoms with Crippen LogP contribution in [0.5, 0.6) is 5.75 Å². The average molecular weight is 511 g/mol. The summed E-state index contributed by atoms with van der Waals surface area (Å²) in [5, 5.41) is 16.8. The summed E-state index contributed by atoms with van der Waals surface area (Å²) in [7, 11) is 1.50. The Bertz CT molecular complexity index is 1430. The van der Waals surface area contributed by atoms with E-state index in [9.17, 15) is 19.1 Å². The quantitative estimate of drug-likeness (QED) is 0.357. The highest BCUT2D eigenvalue weighted by Gasteiger charge is 2.19. The van der Waals surface area contributed by atoms with E-state index in [0.717, 1.165) is 17.2 Å². The first kappa shape index (κ1) is 25.2. The Morgan fingerprint density at radius 2 is 1.83 bits per heavy atom. The first-order chi connectivity index (χ1) is 17.4. The molecule has 10 heteroatoms. The topological polar surface area (TPSA) is 98.4 Å². The van der Waals surface area contributed by atoms with E-state index in [1.807, 2.05) is 30.3 Å². The van der Waals surface area contributed by atoms with Crippen molar-refractivity contribution in [2.24, 2.45) is 0 Å². The molecule has 0 fully saturated rings. The summed E-state index contributed by atoms with van der Waals surface area (Å²) in [6, 6.07) is 15.3. The zero-order valence-electron chi connectivity index (χ0n) is 19.4. The third-order valence-corrected chi connectivity index (χ3v) is 5.93. The van der Waals surface area contributed by atoms with Crippen molar-refractivity contribution in [3.8, 4) is 5.75 Å². The summed E-state index contributed by atoms with van der Waals surface area (Å²) in [6.45, 7) is 0.777. The van der Waals surface area contributed by atoms with E-state index >= 15 is 0 Å². The van der Waals surface area contributed by atoms with Gasteiger partial charge in [0.2, 0.25) is 0 Å². The SMILES string of the molecule is COCc1nn(Cc2ccc(Cn3ccccc3=O)cc2)cc1C(=O)NCc1c(Cl)ccc(O)c1F. The van der Waals surface area contributed by atoms with Crippen molar-refractivity contribution in [3.63, 3.8) is 0 Å². The molecule has 0 aliphatic heterocycles. The molecule has 2 heterocycles. The number of carbonyl (C=O) groups is 1. The standard InChI is InChI=1S/C26H24ClFN4O4/c1-36-16-22-20(26(35)29-12-19-21(27)9-10-23(33)25(19)28)15-32(30-22)14-18-7-5-17(6-8-18)13-31-11-3-2-4-24(31)34/h2-11,15,33H,12-14,16H2,1H3,(H,29,35). The number of phenolic OH excluding ortho intramolecular Hbond substituents is 1. The summed E-state index contributed by atoms with van der Waals surface area (Å²) in [5.74, 6) is -1.90. The number of hydrogen-bond acceptors (Lipinski definition) is 5. The van der Waals surface area contributed by atoms with Gasteiger partial charge in [-0.05, 0) is 29.3 Å². The molecule has 0 saturated carbocycles. The van der Waals surface area contributed by atoms with Gasteiger partial charge in [0.15, 0.2) is 11.6 Å². The number of aromatic hydroxyl groups is 1. The number of carbonyl (C=O) groups excluding carboxylic acids is 1. The van der Waals surface area contributed by atoms with Crippen LogP contribution in [0, 0.1) is 5.82 Å². The van der Waals surface area contributed by atoms with Crippen molar-refractivity contribution >= 4 is 17.5 Å². The number of pyridine rings is 1. The van der Waals surface area contributed by atoms with E-state index in [1.54, 1.807) is 27.7 Å². The molecule has 8 nitrogen and oxygen atoms in total. The zero-order valence-corrected chi connectivity index (χ0v) is 20.2. The Kier molecular flexibility index (Phi) is 7.82. The van der Waals surface area contributed by atoms with Crippen LogP contribution in [0.3, 0.4) is 0 Å². The summed E-state index contributed by atoms with van der Waals surface area (Å²) >= 11 is 6.01. The molecule has 0 spiro atoms. The number of hydrogen-bond donors (Lipinski definition) is 2. The molecule has 1 amide bonds. The minimum absolute atomic E-state index is 0.0106. The fraction of sp³-hybridized carbons (Fsp3) is 0.192. The van der Waals surface area contributed by atoms with Gasteiger partial charge in [0.1, 0.15) is 5.69 Å². The first-order valence-electron chi connectivity index (χ1n) is 11.1. The van der Waals surface area contributed by atoms with Crippen LogP contribution < -0.4 is 10.9 Å². The van der Waals surface area contributed by atoms with Crippen LogP contribution in [0.1, 0.15) is 32.7 Å². The molecule has 0 radical (unpaired) electrons. The summed E-state index contributed by atoms with van der Waals surface area (Å²) in [4.78, 5) is 24.8. The number of halogens is 2. The van der Waals surface area contributed by atoms with Crippen LogP contribution in [0.15, 0.2) is 71.8 Å². The number of methoxy groups -OCH3 is 1. The number of rotatable bonds is 9. The van der Waals surface area contributed by atoms with Crippen molar-refractivity contribution in [2.45, 2.75) is 26.2 Å². The monoisotopic (exact) mass is 510 g/mol. The van der Waals surface area contributed by atoms with Crippen LogP contribution in [0.2, 0.25) is 5.02 Å². The molecule has 0 unspecified atom stereocenters. The maximum absolute atomic E-state index is 14.2. The highest BCUT2D eigenvalue weighted by Crippen LogP contribution is 2.26. The van der Waals surface area contributed by atoms with Gasteiger partial charge in [-0.15, -0.1) is 0 Å². The number of nitrogens with zero attached hydrogens (tertiary/aromatic N) is 3. The molecule has 0 saturated heterocycles. The maximum Gasteiger partial charge on any atom is 0.255 e. The lowest BCUT2D eigenvalue weighted by molar-refractivity contribution is 0.0945. The Morgan fingerprint density at radius 3 is 2.53 bits per heavy atom. The third kappa shape index (κ3) is 5.81.